The first-order valence-electron chi connectivity index (χ1n) is 8.66. The second kappa shape index (κ2) is 9.25. The molecule has 29 heavy (non-hydrogen) atoms. The van der Waals surface area contributed by atoms with Crippen LogP contribution in [-0.2, 0) is 21.2 Å². The van der Waals surface area contributed by atoms with E-state index in [-0.39, 0.29) is 10.6 Å². The molecule has 3 aromatic rings. The Labute approximate surface area is 171 Å². The number of carbonyl (C=O) groups is 1. The molecule has 9 heteroatoms. The average Bonchev–Trinajstić information content (AvgIpc) is 3.22. The first kappa shape index (κ1) is 21.1. The molecule has 0 aliphatic heterocycles. The average molecular weight is 437 g/mol. The van der Waals surface area contributed by atoms with Crippen LogP contribution in [0.5, 0.6) is 0 Å². The molecule has 0 fully saturated rings. The van der Waals surface area contributed by atoms with E-state index in [1.807, 2.05) is 0 Å². The van der Waals surface area contributed by atoms with Crippen LogP contribution >= 0.6 is 11.3 Å². The molecule has 0 radical (unpaired) electrons. The fourth-order valence-corrected chi connectivity index (χ4v) is 4.79. The van der Waals surface area contributed by atoms with Crippen molar-refractivity contribution in [1.82, 2.24) is 10.0 Å². The van der Waals surface area contributed by atoms with E-state index in [1.54, 1.807) is 29.6 Å². The van der Waals surface area contributed by atoms with Crippen molar-refractivity contribution in [2.24, 2.45) is 0 Å². The lowest BCUT2D eigenvalue weighted by atomic mass is 9.98. The summed E-state index contributed by atoms with van der Waals surface area (Å²) in [7, 11) is -3.79. The molecule has 0 saturated carbocycles. The van der Waals surface area contributed by atoms with Crippen LogP contribution in [0.3, 0.4) is 0 Å². The predicted molar refractivity (Wildman–Crippen MR) is 107 cm³/mol. The second-order valence-corrected chi connectivity index (χ2v) is 9.21. The van der Waals surface area contributed by atoms with Gasteiger partial charge in [-0.25, -0.2) is 21.9 Å². The zero-order valence-electron chi connectivity index (χ0n) is 15.1. The Kier molecular flexibility index (Phi) is 6.73. The monoisotopic (exact) mass is 436 g/mol. The summed E-state index contributed by atoms with van der Waals surface area (Å²) in [5, 5.41) is 4.31. The lowest BCUT2D eigenvalue weighted by molar-refractivity contribution is -0.120. The zero-order chi connectivity index (χ0) is 20.9. The molecule has 0 aliphatic carbocycles. The van der Waals surface area contributed by atoms with E-state index >= 15 is 0 Å². The van der Waals surface area contributed by atoms with Crippen LogP contribution in [0.1, 0.15) is 17.2 Å². The molecular weight excluding hydrogens is 418 g/mol. The first-order valence-corrected chi connectivity index (χ1v) is 11.0. The van der Waals surface area contributed by atoms with Gasteiger partial charge in [-0.2, -0.15) is 0 Å². The number of sulfonamides is 1. The van der Waals surface area contributed by atoms with Gasteiger partial charge in [0.15, 0.2) is 0 Å². The van der Waals surface area contributed by atoms with Crippen molar-refractivity contribution in [3.05, 3.63) is 88.8 Å². The van der Waals surface area contributed by atoms with Gasteiger partial charge in [-0.3, -0.25) is 4.79 Å². The number of thiophene rings is 1. The lowest BCUT2D eigenvalue weighted by Gasteiger charge is -2.20. The summed E-state index contributed by atoms with van der Waals surface area (Å²) < 4.78 is 53.8. The molecule has 0 spiro atoms. The highest BCUT2D eigenvalue weighted by molar-refractivity contribution is 7.91. The van der Waals surface area contributed by atoms with Crippen LogP contribution in [0.25, 0.3) is 0 Å². The molecule has 2 aromatic carbocycles. The van der Waals surface area contributed by atoms with Gasteiger partial charge in [0, 0.05) is 0 Å². The molecule has 0 aliphatic rings. The highest BCUT2D eigenvalue weighted by Crippen LogP contribution is 2.20. The largest absolute Gasteiger partial charge is 0.348 e. The van der Waals surface area contributed by atoms with Crippen LogP contribution in [0.4, 0.5) is 8.78 Å². The van der Waals surface area contributed by atoms with Gasteiger partial charge in [-0.1, -0.05) is 30.3 Å². The van der Waals surface area contributed by atoms with Crippen molar-refractivity contribution in [2.45, 2.75) is 16.7 Å². The first-order chi connectivity index (χ1) is 13.8. The quantitative estimate of drug-likeness (QED) is 0.568. The van der Waals surface area contributed by atoms with Crippen molar-refractivity contribution >= 4 is 27.3 Å². The molecule has 1 aromatic heterocycles. The number of benzene rings is 2. The summed E-state index contributed by atoms with van der Waals surface area (Å²) >= 11 is 1.04. The Bertz CT molecular complexity index is 1090. The van der Waals surface area contributed by atoms with E-state index in [4.69, 9.17) is 0 Å². The maximum absolute atomic E-state index is 13.7. The number of rotatable bonds is 8. The maximum atomic E-state index is 13.7. The molecule has 3 rings (SSSR count). The minimum absolute atomic E-state index is 0.103. The van der Waals surface area contributed by atoms with Crippen LogP contribution in [0, 0.1) is 11.6 Å². The lowest BCUT2D eigenvalue weighted by Crippen LogP contribution is -2.39. The Morgan fingerprint density at radius 3 is 2.38 bits per heavy atom. The molecule has 152 valence electrons. The molecule has 2 N–H and O–H groups in total. The van der Waals surface area contributed by atoms with E-state index in [0.717, 1.165) is 11.3 Å². The number of carbonyl (C=O) groups excluding carboxylic acids is 1. The highest BCUT2D eigenvalue weighted by Gasteiger charge is 2.20. The minimum atomic E-state index is -3.79. The van der Waals surface area contributed by atoms with Gasteiger partial charge in [0.05, 0.1) is 12.6 Å². The van der Waals surface area contributed by atoms with Gasteiger partial charge in [0.1, 0.15) is 15.8 Å². The highest BCUT2D eigenvalue weighted by atomic mass is 32.2. The van der Waals surface area contributed by atoms with Gasteiger partial charge in [0.25, 0.3) is 10.0 Å². The Hall–Kier alpha value is -2.62. The van der Waals surface area contributed by atoms with Crippen molar-refractivity contribution in [2.75, 3.05) is 6.54 Å². The molecule has 1 unspecified atom stereocenters. The van der Waals surface area contributed by atoms with Crippen LogP contribution in [0.2, 0.25) is 0 Å². The van der Waals surface area contributed by atoms with E-state index in [2.05, 4.69) is 10.0 Å². The number of hydrogen-bond acceptors (Lipinski definition) is 4. The van der Waals surface area contributed by atoms with Gasteiger partial charge in [-0.05, 0) is 53.3 Å². The summed E-state index contributed by atoms with van der Waals surface area (Å²) in [4.78, 5) is 12.4. The smallest absolute Gasteiger partial charge is 0.250 e. The molecule has 0 bridgehead atoms. The van der Waals surface area contributed by atoms with E-state index in [9.17, 15) is 22.0 Å². The number of amides is 1. The normalized spacial score (nSPS) is 12.5. The summed E-state index contributed by atoms with van der Waals surface area (Å²) in [6.45, 7) is -0.477. The molecule has 1 amide bonds. The van der Waals surface area contributed by atoms with Crippen molar-refractivity contribution in [3.8, 4) is 0 Å². The van der Waals surface area contributed by atoms with Gasteiger partial charge in [0.2, 0.25) is 5.91 Å². The third-order valence-corrected chi connectivity index (χ3v) is 6.90. The number of halogens is 2. The van der Waals surface area contributed by atoms with Gasteiger partial charge in [-0.15, -0.1) is 11.3 Å². The van der Waals surface area contributed by atoms with E-state index in [1.165, 1.54) is 36.4 Å². The molecule has 0 saturated heterocycles. The molecule has 5 nitrogen and oxygen atoms in total. The Morgan fingerprint density at radius 2 is 1.72 bits per heavy atom. The van der Waals surface area contributed by atoms with Crippen LogP contribution in [0.15, 0.2) is 70.3 Å². The van der Waals surface area contributed by atoms with Gasteiger partial charge >= 0.3 is 0 Å². The molecular formula is C20H18F2N2O3S2. The summed E-state index contributed by atoms with van der Waals surface area (Å²) in [6, 6.07) is 14.0. The summed E-state index contributed by atoms with van der Waals surface area (Å²) in [5.74, 6) is -1.48. The second-order valence-electron chi connectivity index (χ2n) is 6.27. The van der Waals surface area contributed by atoms with Crippen LogP contribution < -0.4 is 10.0 Å². The fraction of sp³-hybridized carbons (Fsp3) is 0.150. The zero-order valence-corrected chi connectivity index (χ0v) is 16.8. The van der Waals surface area contributed by atoms with Crippen molar-refractivity contribution in [3.63, 3.8) is 0 Å². The summed E-state index contributed by atoms with van der Waals surface area (Å²) in [6.07, 6.45) is 0.213. The third-order valence-electron chi connectivity index (χ3n) is 4.10. The van der Waals surface area contributed by atoms with E-state index < -0.39 is 40.2 Å². The van der Waals surface area contributed by atoms with Crippen LogP contribution in [-0.4, -0.2) is 20.9 Å². The summed E-state index contributed by atoms with van der Waals surface area (Å²) in [5.41, 5.74) is 1.10. The predicted octanol–water partition coefficient (Wildman–Crippen LogP) is 3.40. The van der Waals surface area contributed by atoms with Gasteiger partial charge < -0.3 is 5.32 Å². The standard InChI is InChI=1S/C20H18F2N2O3S2/c21-16-6-1-4-14(10-16)11-18(15-5-2-7-17(22)12-15)24-19(25)13-23-29(26,27)20-8-3-9-28-20/h1-10,12,18,23H,11,13H2,(H,24,25). The third kappa shape index (κ3) is 5.93. The number of hydrogen-bond donors (Lipinski definition) is 2. The SMILES string of the molecule is O=C(CNS(=O)(=O)c1cccs1)NC(Cc1cccc(F)c1)c1cccc(F)c1. The maximum Gasteiger partial charge on any atom is 0.250 e. The van der Waals surface area contributed by atoms with E-state index in [0.29, 0.717) is 11.1 Å². The topological polar surface area (TPSA) is 75.3 Å². The Balaban J connectivity index is 1.73. The Morgan fingerprint density at radius 1 is 1.00 bits per heavy atom. The minimum Gasteiger partial charge on any atom is -0.348 e. The molecule has 1 atom stereocenters. The fourth-order valence-electron chi connectivity index (χ4n) is 2.77. The van der Waals surface area contributed by atoms with Crippen molar-refractivity contribution < 1.29 is 22.0 Å². The van der Waals surface area contributed by atoms with Crippen molar-refractivity contribution in [1.29, 1.82) is 0 Å². The number of nitrogens with one attached hydrogen (secondary N) is 2. The molecule has 1 heterocycles.